The monoisotopic (exact) mass is 257 g/mol. The second kappa shape index (κ2) is 7.74. The Morgan fingerprint density at radius 1 is 1.28 bits per heavy atom. The Labute approximate surface area is 110 Å². The summed E-state index contributed by atoms with van der Waals surface area (Å²) in [5.74, 6) is 0.144. The summed E-state index contributed by atoms with van der Waals surface area (Å²) in [7, 11) is 1.79. The summed E-state index contributed by atoms with van der Waals surface area (Å²) in [5.41, 5.74) is -0.744. The molecule has 4 nitrogen and oxygen atoms in total. The Kier molecular flexibility index (Phi) is 6.65. The maximum Gasteiger partial charge on any atom is 0.222 e. The van der Waals surface area contributed by atoms with Crippen LogP contribution in [0.3, 0.4) is 0 Å². The highest BCUT2D eigenvalue weighted by molar-refractivity contribution is 5.75. The number of unbranched alkanes of at least 4 members (excludes halogenated alkanes) is 3. The summed E-state index contributed by atoms with van der Waals surface area (Å²) < 4.78 is 5.24. The van der Waals surface area contributed by atoms with Crippen LogP contribution < -0.4 is 0 Å². The van der Waals surface area contributed by atoms with Gasteiger partial charge in [-0.2, -0.15) is 0 Å². The number of carbonyl (C=O) groups is 1. The molecule has 0 spiro atoms. The molecule has 1 saturated heterocycles. The molecule has 1 aliphatic rings. The van der Waals surface area contributed by atoms with Crippen molar-refractivity contribution in [3.8, 4) is 0 Å². The number of nitrogens with zero attached hydrogens (tertiary/aromatic N) is 1. The zero-order chi connectivity index (χ0) is 13.4. The molecular weight excluding hydrogens is 230 g/mol. The van der Waals surface area contributed by atoms with Crippen molar-refractivity contribution < 1.29 is 14.6 Å². The van der Waals surface area contributed by atoms with E-state index in [9.17, 15) is 9.90 Å². The molecular formula is C14H27NO3. The Hall–Kier alpha value is -0.610. The van der Waals surface area contributed by atoms with Crippen LogP contribution >= 0.6 is 0 Å². The quantitative estimate of drug-likeness (QED) is 0.709. The van der Waals surface area contributed by atoms with Crippen LogP contribution in [0.5, 0.6) is 0 Å². The zero-order valence-corrected chi connectivity index (χ0v) is 11.8. The Bertz CT molecular complexity index is 249. The first kappa shape index (κ1) is 15.4. The Balaban J connectivity index is 2.25. The van der Waals surface area contributed by atoms with Crippen LogP contribution in [0, 0.1) is 0 Å². The van der Waals surface area contributed by atoms with Gasteiger partial charge in [-0.1, -0.05) is 26.2 Å². The minimum Gasteiger partial charge on any atom is -0.388 e. The van der Waals surface area contributed by atoms with Gasteiger partial charge in [-0.3, -0.25) is 4.79 Å². The molecule has 1 heterocycles. The number of amides is 1. The van der Waals surface area contributed by atoms with Crippen molar-refractivity contribution in [1.82, 2.24) is 4.90 Å². The largest absolute Gasteiger partial charge is 0.388 e. The second-order valence-corrected chi connectivity index (χ2v) is 5.40. The van der Waals surface area contributed by atoms with Crippen LogP contribution in [0.4, 0.5) is 0 Å². The Morgan fingerprint density at radius 3 is 2.56 bits per heavy atom. The fraction of sp³-hybridized carbons (Fsp3) is 0.929. The predicted molar refractivity (Wildman–Crippen MR) is 71.4 cm³/mol. The normalized spacial score (nSPS) is 18.6. The third-order valence-corrected chi connectivity index (χ3v) is 3.62. The van der Waals surface area contributed by atoms with Gasteiger partial charge in [0.2, 0.25) is 5.91 Å². The van der Waals surface area contributed by atoms with Gasteiger partial charge >= 0.3 is 0 Å². The van der Waals surface area contributed by atoms with E-state index in [2.05, 4.69) is 6.92 Å². The fourth-order valence-corrected chi connectivity index (χ4v) is 2.33. The lowest BCUT2D eigenvalue weighted by Gasteiger charge is -2.35. The van der Waals surface area contributed by atoms with E-state index in [1.54, 1.807) is 11.9 Å². The van der Waals surface area contributed by atoms with Gasteiger partial charge in [0.25, 0.3) is 0 Å². The number of ether oxygens (including phenoxy) is 1. The molecule has 0 atom stereocenters. The first-order valence-corrected chi connectivity index (χ1v) is 7.11. The molecule has 4 heteroatoms. The van der Waals surface area contributed by atoms with E-state index in [1.165, 1.54) is 12.8 Å². The minimum atomic E-state index is -0.744. The predicted octanol–water partition coefficient (Wildman–Crippen LogP) is 1.96. The molecule has 0 saturated carbocycles. The van der Waals surface area contributed by atoms with E-state index in [-0.39, 0.29) is 5.91 Å². The molecule has 0 radical (unpaired) electrons. The average Bonchev–Trinajstić information content (AvgIpc) is 2.34. The molecule has 18 heavy (non-hydrogen) atoms. The van der Waals surface area contributed by atoms with Crippen molar-refractivity contribution in [2.45, 2.75) is 57.5 Å². The molecule has 1 rings (SSSR count). The van der Waals surface area contributed by atoms with Gasteiger partial charge < -0.3 is 14.7 Å². The van der Waals surface area contributed by atoms with E-state index >= 15 is 0 Å². The van der Waals surface area contributed by atoms with Crippen molar-refractivity contribution in [2.24, 2.45) is 0 Å². The standard InChI is InChI=1S/C14H27NO3/c1-3-4-5-6-7-13(16)15(2)12-14(17)8-10-18-11-9-14/h17H,3-12H2,1-2H3. The number of likely N-dealkylation sites (N-methyl/N-ethyl adjacent to an activating group) is 1. The third kappa shape index (κ3) is 5.36. The lowest BCUT2D eigenvalue weighted by Crippen LogP contribution is -2.47. The number of rotatable bonds is 7. The summed E-state index contributed by atoms with van der Waals surface area (Å²) in [5, 5.41) is 10.3. The summed E-state index contributed by atoms with van der Waals surface area (Å²) in [6.07, 6.45) is 6.30. The molecule has 1 amide bonds. The zero-order valence-electron chi connectivity index (χ0n) is 11.8. The van der Waals surface area contributed by atoms with Crippen LogP contribution in [0.25, 0.3) is 0 Å². The van der Waals surface area contributed by atoms with Gasteiger partial charge in [0.1, 0.15) is 0 Å². The van der Waals surface area contributed by atoms with E-state index < -0.39 is 5.60 Å². The van der Waals surface area contributed by atoms with Crippen LogP contribution in [0.1, 0.15) is 51.9 Å². The highest BCUT2D eigenvalue weighted by Crippen LogP contribution is 2.21. The summed E-state index contributed by atoms with van der Waals surface area (Å²) in [4.78, 5) is 13.6. The molecule has 1 N–H and O–H groups in total. The van der Waals surface area contributed by atoms with Crippen molar-refractivity contribution in [1.29, 1.82) is 0 Å². The molecule has 0 aromatic heterocycles. The van der Waals surface area contributed by atoms with Gasteiger partial charge in [0, 0.05) is 46.1 Å². The number of aliphatic hydroxyl groups is 1. The molecule has 0 unspecified atom stereocenters. The minimum absolute atomic E-state index is 0.144. The summed E-state index contributed by atoms with van der Waals surface area (Å²) >= 11 is 0. The van der Waals surface area contributed by atoms with E-state index in [1.807, 2.05) is 0 Å². The van der Waals surface area contributed by atoms with Crippen molar-refractivity contribution >= 4 is 5.91 Å². The van der Waals surface area contributed by atoms with Crippen molar-refractivity contribution in [2.75, 3.05) is 26.8 Å². The molecule has 106 valence electrons. The highest BCUT2D eigenvalue weighted by atomic mass is 16.5. The maximum atomic E-state index is 11.9. The van der Waals surface area contributed by atoms with Gasteiger partial charge in [0.05, 0.1) is 5.60 Å². The molecule has 0 bridgehead atoms. The van der Waals surface area contributed by atoms with Gasteiger partial charge in [-0.15, -0.1) is 0 Å². The molecule has 0 aliphatic carbocycles. The molecule has 0 aromatic rings. The lowest BCUT2D eigenvalue weighted by molar-refractivity contribution is -0.136. The first-order valence-electron chi connectivity index (χ1n) is 7.11. The highest BCUT2D eigenvalue weighted by Gasteiger charge is 2.32. The summed E-state index contributed by atoms with van der Waals surface area (Å²) in [6.45, 7) is 3.78. The summed E-state index contributed by atoms with van der Waals surface area (Å²) in [6, 6.07) is 0. The van der Waals surface area contributed by atoms with Crippen molar-refractivity contribution in [3.63, 3.8) is 0 Å². The van der Waals surface area contributed by atoms with Gasteiger partial charge in [-0.05, 0) is 6.42 Å². The Morgan fingerprint density at radius 2 is 1.94 bits per heavy atom. The number of hydrogen-bond donors (Lipinski definition) is 1. The van der Waals surface area contributed by atoms with Crippen LogP contribution in [-0.2, 0) is 9.53 Å². The van der Waals surface area contributed by atoms with Gasteiger partial charge in [-0.25, -0.2) is 0 Å². The average molecular weight is 257 g/mol. The molecule has 0 aromatic carbocycles. The molecule has 1 fully saturated rings. The lowest BCUT2D eigenvalue weighted by atomic mass is 9.94. The number of carbonyl (C=O) groups excluding carboxylic acids is 1. The van der Waals surface area contributed by atoms with Gasteiger partial charge in [0.15, 0.2) is 0 Å². The third-order valence-electron chi connectivity index (χ3n) is 3.62. The first-order chi connectivity index (χ1) is 8.57. The van der Waals surface area contributed by atoms with E-state index in [0.29, 0.717) is 39.0 Å². The van der Waals surface area contributed by atoms with E-state index in [0.717, 1.165) is 12.8 Å². The second-order valence-electron chi connectivity index (χ2n) is 5.40. The number of hydrogen-bond acceptors (Lipinski definition) is 3. The van der Waals surface area contributed by atoms with Crippen LogP contribution in [0.15, 0.2) is 0 Å². The molecule has 1 aliphatic heterocycles. The van der Waals surface area contributed by atoms with Crippen LogP contribution in [0.2, 0.25) is 0 Å². The smallest absolute Gasteiger partial charge is 0.222 e. The SMILES string of the molecule is CCCCCCC(=O)N(C)CC1(O)CCOCC1. The topological polar surface area (TPSA) is 49.8 Å². The van der Waals surface area contributed by atoms with Crippen molar-refractivity contribution in [3.05, 3.63) is 0 Å². The van der Waals surface area contributed by atoms with Crippen LogP contribution in [-0.4, -0.2) is 48.3 Å². The fourth-order valence-electron chi connectivity index (χ4n) is 2.33. The van der Waals surface area contributed by atoms with E-state index in [4.69, 9.17) is 4.74 Å². The maximum absolute atomic E-state index is 11.9.